The van der Waals surface area contributed by atoms with E-state index in [2.05, 4.69) is 5.32 Å². The van der Waals surface area contributed by atoms with Crippen LogP contribution in [0.3, 0.4) is 0 Å². The van der Waals surface area contributed by atoms with Crippen molar-refractivity contribution in [2.24, 2.45) is 0 Å². The Bertz CT molecular complexity index is 440. The maximum absolute atomic E-state index is 11.8. The number of nitrogens with one attached hydrogen (secondary N) is 1. The van der Waals surface area contributed by atoms with Crippen LogP contribution < -0.4 is 15.8 Å². The van der Waals surface area contributed by atoms with E-state index in [0.29, 0.717) is 17.5 Å². The summed E-state index contributed by atoms with van der Waals surface area (Å²) in [6.07, 6.45) is 5.85. The van der Waals surface area contributed by atoms with E-state index in [0.717, 1.165) is 18.4 Å². The molecule has 19 heavy (non-hydrogen) atoms. The highest BCUT2D eigenvalue weighted by Crippen LogP contribution is 2.22. The van der Waals surface area contributed by atoms with Gasteiger partial charge in [-0.15, -0.1) is 0 Å². The van der Waals surface area contributed by atoms with Gasteiger partial charge in [0.25, 0.3) is 5.91 Å². The molecule has 0 spiro atoms. The highest BCUT2D eigenvalue weighted by Gasteiger charge is 2.16. The Hall–Kier alpha value is -1.71. The Morgan fingerprint density at radius 1 is 1.37 bits per heavy atom. The normalized spacial score (nSPS) is 16.1. The number of carbonyl (C=O) groups excluding carboxylic acids is 1. The molecule has 0 radical (unpaired) electrons. The van der Waals surface area contributed by atoms with E-state index in [-0.39, 0.29) is 12.5 Å². The van der Waals surface area contributed by atoms with Crippen molar-refractivity contribution >= 4 is 11.6 Å². The van der Waals surface area contributed by atoms with E-state index in [4.69, 9.17) is 10.5 Å². The second kappa shape index (κ2) is 6.45. The average Bonchev–Trinajstić information content (AvgIpc) is 2.41. The number of nitrogens with two attached hydrogens (primary N) is 1. The first kappa shape index (κ1) is 13.7. The molecule has 2 rings (SSSR count). The first-order valence-electron chi connectivity index (χ1n) is 6.93. The molecule has 4 nitrogen and oxygen atoms in total. The molecule has 0 saturated heterocycles. The van der Waals surface area contributed by atoms with Gasteiger partial charge in [0.15, 0.2) is 6.61 Å². The van der Waals surface area contributed by atoms with E-state index in [9.17, 15) is 4.79 Å². The van der Waals surface area contributed by atoms with Gasteiger partial charge in [0.2, 0.25) is 0 Å². The van der Waals surface area contributed by atoms with Crippen molar-refractivity contribution in [1.29, 1.82) is 0 Å². The van der Waals surface area contributed by atoms with Crippen LogP contribution in [0.5, 0.6) is 5.75 Å². The number of hydrogen-bond acceptors (Lipinski definition) is 3. The number of hydrogen-bond donors (Lipinski definition) is 2. The number of anilines is 1. The molecule has 3 N–H and O–H groups in total. The molecule has 1 aliphatic rings. The second-order valence-corrected chi connectivity index (χ2v) is 5.23. The minimum absolute atomic E-state index is 0.0319. The van der Waals surface area contributed by atoms with E-state index < -0.39 is 0 Å². The summed E-state index contributed by atoms with van der Waals surface area (Å²) < 4.78 is 5.48. The van der Waals surface area contributed by atoms with Gasteiger partial charge in [-0.2, -0.15) is 0 Å². The van der Waals surface area contributed by atoms with Crippen molar-refractivity contribution in [2.45, 2.75) is 45.1 Å². The minimum atomic E-state index is -0.0622. The first-order valence-corrected chi connectivity index (χ1v) is 6.93. The van der Waals surface area contributed by atoms with Crippen LogP contribution >= 0.6 is 0 Å². The summed E-state index contributed by atoms with van der Waals surface area (Å²) >= 11 is 0. The second-order valence-electron chi connectivity index (χ2n) is 5.23. The molecule has 104 valence electrons. The van der Waals surface area contributed by atoms with E-state index in [1.807, 2.05) is 19.1 Å². The number of nitrogen functional groups attached to an aromatic ring is 1. The lowest BCUT2D eigenvalue weighted by molar-refractivity contribution is -0.124. The molecule has 0 heterocycles. The lowest BCUT2D eigenvalue weighted by Crippen LogP contribution is -2.39. The maximum atomic E-state index is 11.8. The fourth-order valence-corrected chi connectivity index (χ4v) is 2.43. The molecule has 4 heteroatoms. The standard InChI is InChI=1S/C15H22N2O2/c1-11-7-8-13(16)14(9-11)19-10-15(18)17-12-5-3-2-4-6-12/h7-9,12H,2-6,10,16H2,1H3,(H,17,18). The number of aryl methyl sites for hydroxylation is 1. The van der Waals surface area contributed by atoms with Gasteiger partial charge in [0, 0.05) is 6.04 Å². The summed E-state index contributed by atoms with van der Waals surface area (Å²) in [6.45, 7) is 2.00. The Labute approximate surface area is 114 Å². The van der Waals surface area contributed by atoms with E-state index in [1.54, 1.807) is 6.07 Å². The van der Waals surface area contributed by atoms with E-state index in [1.165, 1.54) is 19.3 Å². The van der Waals surface area contributed by atoms with Crippen LogP contribution in [0.4, 0.5) is 5.69 Å². The van der Waals surface area contributed by atoms with Gasteiger partial charge in [-0.3, -0.25) is 4.79 Å². The van der Waals surface area contributed by atoms with Crippen molar-refractivity contribution in [2.75, 3.05) is 12.3 Å². The van der Waals surface area contributed by atoms with Crippen molar-refractivity contribution < 1.29 is 9.53 Å². The minimum Gasteiger partial charge on any atom is -0.482 e. The lowest BCUT2D eigenvalue weighted by atomic mass is 9.95. The third-order valence-corrected chi connectivity index (χ3v) is 3.50. The summed E-state index contributed by atoms with van der Waals surface area (Å²) in [5.41, 5.74) is 7.44. The lowest BCUT2D eigenvalue weighted by Gasteiger charge is -2.22. The SMILES string of the molecule is Cc1ccc(N)c(OCC(=O)NC2CCCCC2)c1. The molecular formula is C15H22N2O2. The number of amides is 1. The van der Waals surface area contributed by atoms with Crippen LogP contribution in [0.1, 0.15) is 37.7 Å². The Morgan fingerprint density at radius 2 is 2.11 bits per heavy atom. The van der Waals surface area contributed by atoms with Crippen molar-refractivity contribution in [3.8, 4) is 5.75 Å². The fraction of sp³-hybridized carbons (Fsp3) is 0.533. The first-order chi connectivity index (χ1) is 9.15. The Balaban J connectivity index is 1.81. The van der Waals surface area contributed by atoms with Crippen molar-refractivity contribution in [3.63, 3.8) is 0 Å². The van der Waals surface area contributed by atoms with Gasteiger partial charge >= 0.3 is 0 Å². The molecule has 0 unspecified atom stereocenters. The van der Waals surface area contributed by atoms with Crippen LogP contribution in [0.25, 0.3) is 0 Å². The Kier molecular flexibility index (Phi) is 4.66. The molecule has 0 atom stereocenters. The molecule has 1 amide bonds. The molecule has 1 aromatic rings. The highest BCUT2D eigenvalue weighted by molar-refractivity contribution is 5.78. The third-order valence-electron chi connectivity index (χ3n) is 3.50. The van der Waals surface area contributed by atoms with Gasteiger partial charge in [0.1, 0.15) is 5.75 Å². The van der Waals surface area contributed by atoms with Gasteiger partial charge in [-0.05, 0) is 37.5 Å². The summed E-state index contributed by atoms with van der Waals surface area (Å²) in [5.74, 6) is 0.520. The Morgan fingerprint density at radius 3 is 2.84 bits per heavy atom. The number of carbonyl (C=O) groups is 1. The topological polar surface area (TPSA) is 64.3 Å². The van der Waals surface area contributed by atoms with Crippen LogP contribution in [-0.4, -0.2) is 18.6 Å². The smallest absolute Gasteiger partial charge is 0.258 e. The summed E-state index contributed by atoms with van der Waals surface area (Å²) in [4.78, 5) is 11.8. The monoisotopic (exact) mass is 262 g/mol. The van der Waals surface area contributed by atoms with Crippen LogP contribution in [0.15, 0.2) is 18.2 Å². The van der Waals surface area contributed by atoms with Gasteiger partial charge < -0.3 is 15.8 Å². The summed E-state index contributed by atoms with van der Waals surface area (Å²) in [7, 11) is 0. The van der Waals surface area contributed by atoms with Gasteiger partial charge in [-0.1, -0.05) is 25.3 Å². The zero-order chi connectivity index (χ0) is 13.7. The molecule has 1 fully saturated rings. The molecule has 0 aromatic heterocycles. The summed E-state index contributed by atoms with van der Waals surface area (Å²) in [6, 6.07) is 5.89. The zero-order valence-electron chi connectivity index (χ0n) is 11.4. The molecule has 1 saturated carbocycles. The van der Waals surface area contributed by atoms with Crippen LogP contribution in [0.2, 0.25) is 0 Å². The van der Waals surface area contributed by atoms with Gasteiger partial charge in [-0.25, -0.2) is 0 Å². The van der Waals surface area contributed by atoms with Crippen LogP contribution in [-0.2, 0) is 4.79 Å². The molecular weight excluding hydrogens is 240 g/mol. The van der Waals surface area contributed by atoms with Gasteiger partial charge in [0.05, 0.1) is 5.69 Å². The largest absolute Gasteiger partial charge is 0.482 e. The maximum Gasteiger partial charge on any atom is 0.258 e. The molecule has 1 aromatic carbocycles. The van der Waals surface area contributed by atoms with Crippen LogP contribution in [0, 0.1) is 6.92 Å². The number of rotatable bonds is 4. The quantitative estimate of drug-likeness (QED) is 0.819. The fourth-order valence-electron chi connectivity index (χ4n) is 2.43. The number of benzene rings is 1. The van der Waals surface area contributed by atoms with Crippen molar-refractivity contribution in [1.82, 2.24) is 5.32 Å². The molecule has 0 bridgehead atoms. The highest BCUT2D eigenvalue weighted by atomic mass is 16.5. The average molecular weight is 262 g/mol. The zero-order valence-corrected chi connectivity index (χ0v) is 11.4. The predicted molar refractivity (Wildman–Crippen MR) is 76.1 cm³/mol. The molecule has 1 aliphatic carbocycles. The predicted octanol–water partition coefficient (Wildman–Crippen LogP) is 2.40. The third kappa shape index (κ3) is 4.16. The number of ether oxygens (including phenoxy) is 1. The molecule has 0 aliphatic heterocycles. The van der Waals surface area contributed by atoms with Crippen molar-refractivity contribution in [3.05, 3.63) is 23.8 Å². The van der Waals surface area contributed by atoms with E-state index >= 15 is 0 Å². The summed E-state index contributed by atoms with van der Waals surface area (Å²) in [5, 5.41) is 3.02.